The zero-order valence-electron chi connectivity index (χ0n) is 12.7. The first-order valence-corrected chi connectivity index (χ1v) is 6.85. The van der Waals surface area contributed by atoms with Crippen LogP contribution in [0.5, 0.6) is 11.5 Å². The molecule has 1 aromatic rings. The molecular weight excluding hydrogens is 252 g/mol. The van der Waals surface area contributed by atoms with E-state index in [0.717, 1.165) is 30.9 Å². The number of ether oxygens (including phenoxy) is 2. The normalized spacial score (nSPS) is 13.6. The fourth-order valence-electron chi connectivity index (χ4n) is 2.12. The molecule has 0 aliphatic carbocycles. The smallest absolute Gasteiger partial charge is 0.160 e. The van der Waals surface area contributed by atoms with Crippen molar-refractivity contribution in [1.82, 2.24) is 5.32 Å². The monoisotopic (exact) mass is 278 g/mol. The summed E-state index contributed by atoms with van der Waals surface area (Å²) in [6.07, 6.45) is 3.67. The van der Waals surface area contributed by atoms with Gasteiger partial charge in [0.25, 0.3) is 0 Å². The zero-order valence-corrected chi connectivity index (χ0v) is 12.7. The summed E-state index contributed by atoms with van der Waals surface area (Å²) in [5.41, 5.74) is 6.95. The molecule has 0 saturated carbocycles. The number of benzene rings is 1. The molecule has 3 N–H and O–H groups in total. The van der Waals surface area contributed by atoms with Crippen molar-refractivity contribution in [3.63, 3.8) is 0 Å². The highest BCUT2D eigenvalue weighted by molar-refractivity contribution is 5.43. The Hall–Kier alpha value is -1.52. The van der Waals surface area contributed by atoms with Gasteiger partial charge in [0.2, 0.25) is 0 Å². The van der Waals surface area contributed by atoms with Crippen molar-refractivity contribution in [3.05, 3.63) is 36.4 Å². The Balaban J connectivity index is 2.80. The number of nitrogens with two attached hydrogens (primary N) is 1. The summed E-state index contributed by atoms with van der Waals surface area (Å²) in [7, 11) is 3.28. The van der Waals surface area contributed by atoms with Gasteiger partial charge in [0.15, 0.2) is 11.5 Å². The minimum absolute atomic E-state index is 0.136. The van der Waals surface area contributed by atoms with Crippen molar-refractivity contribution in [3.8, 4) is 11.5 Å². The molecule has 0 spiro atoms. The van der Waals surface area contributed by atoms with Crippen LogP contribution in [0.4, 0.5) is 0 Å². The summed E-state index contributed by atoms with van der Waals surface area (Å²) in [4.78, 5) is 0. The van der Waals surface area contributed by atoms with Crippen LogP contribution in [0.25, 0.3) is 0 Å². The lowest BCUT2D eigenvalue weighted by atomic mass is 9.92. The van der Waals surface area contributed by atoms with E-state index >= 15 is 0 Å². The SMILES string of the molecule is C=CCCNC(C)(CN)Cc1ccc(OC)c(OC)c1. The molecule has 1 unspecified atom stereocenters. The second-order valence-electron chi connectivity index (χ2n) is 5.14. The molecule has 4 heteroatoms. The van der Waals surface area contributed by atoms with Crippen molar-refractivity contribution in [1.29, 1.82) is 0 Å². The van der Waals surface area contributed by atoms with Crippen LogP contribution in [-0.2, 0) is 6.42 Å². The molecular formula is C16H26N2O2. The summed E-state index contributed by atoms with van der Waals surface area (Å²) < 4.78 is 10.6. The van der Waals surface area contributed by atoms with E-state index in [9.17, 15) is 0 Å². The van der Waals surface area contributed by atoms with Crippen molar-refractivity contribution in [2.45, 2.75) is 25.3 Å². The number of nitrogens with one attached hydrogen (secondary N) is 1. The molecule has 0 radical (unpaired) electrons. The van der Waals surface area contributed by atoms with Gasteiger partial charge in [0.05, 0.1) is 14.2 Å². The van der Waals surface area contributed by atoms with Gasteiger partial charge < -0.3 is 20.5 Å². The summed E-state index contributed by atoms with van der Waals surface area (Å²) in [5.74, 6) is 1.49. The maximum Gasteiger partial charge on any atom is 0.160 e. The maximum atomic E-state index is 5.92. The third kappa shape index (κ3) is 4.54. The molecule has 4 nitrogen and oxygen atoms in total. The van der Waals surface area contributed by atoms with E-state index in [4.69, 9.17) is 15.2 Å². The lowest BCUT2D eigenvalue weighted by Gasteiger charge is -2.30. The van der Waals surface area contributed by atoms with Gasteiger partial charge in [-0.3, -0.25) is 0 Å². The molecule has 0 aromatic heterocycles. The predicted molar refractivity (Wildman–Crippen MR) is 83.5 cm³/mol. The van der Waals surface area contributed by atoms with Gasteiger partial charge in [0.1, 0.15) is 0 Å². The topological polar surface area (TPSA) is 56.5 Å². The summed E-state index contributed by atoms with van der Waals surface area (Å²) in [6.45, 7) is 7.31. The Kier molecular flexibility index (Phi) is 6.55. The summed E-state index contributed by atoms with van der Waals surface area (Å²) in [6, 6.07) is 5.97. The minimum Gasteiger partial charge on any atom is -0.493 e. The molecule has 0 heterocycles. The summed E-state index contributed by atoms with van der Waals surface area (Å²) in [5, 5.41) is 3.49. The fourth-order valence-corrected chi connectivity index (χ4v) is 2.12. The van der Waals surface area contributed by atoms with Gasteiger partial charge in [-0.05, 0) is 44.0 Å². The van der Waals surface area contributed by atoms with Crippen molar-refractivity contribution < 1.29 is 9.47 Å². The third-order valence-corrected chi connectivity index (χ3v) is 3.39. The van der Waals surface area contributed by atoms with Crippen molar-refractivity contribution >= 4 is 0 Å². The molecule has 0 fully saturated rings. The fraction of sp³-hybridized carbons (Fsp3) is 0.500. The van der Waals surface area contributed by atoms with Crippen LogP contribution in [0.1, 0.15) is 18.9 Å². The Bertz CT molecular complexity index is 434. The first kappa shape index (κ1) is 16.5. The van der Waals surface area contributed by atoms with E-state index in [1.807, 2.05) is 24.3 Å². The molecule has 0 aliphatic heterocycles. The van der Waals surface area contributed by atoms with E-state index in [-0.39, 0.29) is 5.54 Å². The van der Waals surface area contributed by atoms with Crippen LogP contribution in [0.2, 0.25) is 0 Å². The Morgan fingerprint density at radius 1 is 1.30 bits per heavy atom. The van der Waals surface area contributed by atoms with E-state index in [1.165, 1.54) is 5.56 Å². The second-order valence-corrected chi connectivity index (χ2v) is 5.14. The Morgan fingerprint density at radius 2 is 2.00 bits per heavy atom. The van der Waals surface area contributed by atoms with Crippen LogP contribution in [0.3, 0.4) is 0 Å². The minimum atomic E-state index is -0.136. The second kappa shape index (κ2) is 7.92. The van der Waals surface area contributed by atoms with Crippen LogP contribution in [0.15, 0.2) is 30.9 Å². The molecule has 1 rings (SSSR count). The predicted octanol–water partition coefficient (Wildman–Crippen LogP) is 2.13. The molecule has 1 aromatic carbocycles. The van der Waals surface area contributed by atoms with Crippen LogP contribution in [-0.4, -0.2) is 32.8 Å². The third-order valence-electron chi connectivity index (χ3n) is 3.39. The molecule has 1 atom stereocenters. The van der Waals surface area contributed by atoms with Gasteiger partial charge in [0, 0.05) is 12.1 Å². The van der Waals surface area contributed by atoms with E-state index in [1.54, 1.807) is 14.2 Å². The molecule has 0 amide bonds. The van der Waals surface area contributed by atoms with Gasteiger partial charge in [-0.25, -0.2) is 0 Å². The maximum absolute atomic E-state index is 5.92. The quantitative estimate of drug-likeness (QED) is 0.537. The Labute approximate surface area is 122 Å². The number of rotatable bonds is 9. The first-order chi connectivity index (χ1) is 9.58. The Morgan fingerprint density at radius 3 is 2.55 bits per heavy atom. The zero-order chi connectivity index (χ0) is 15.0. The van der Waals surface area contributed by atoms with Gasteiger partial charge in [-0.15, -0.1) is 6.58 Å². The lowest BCUT2D eigenvalue weighted by Crippen LogP contribution is -2.50. The van der Waals surface area contributed by atoms with Gasteiger partial charge in [-0.1, -0.05) is 12.1 Å². The van der Waals surface area contributed by atoms with Crippen LogP contribution < -0.4 is 20.5 Å². The van der Waals surface area contributed by atoms with E-state index in [0.29, 0.717) is 6.54 Å². The van der Waals surface area contributed by atoms with Crippen molar-refractivity contribution in [2.24, 2.45) is 5.73 Å². The first-order valence-electron chi connectivity index (χ1n) is 6.85. The van der Waals surface area contributed by atoms with Crippen molar-refractivity contribution in [2.75, 3.05) is 27.3 Å². The average Bonchev–Trinajstić information content (AvgIpc) is 2.47. The van der Waals surface area contributed by atoms with E-state index < -0.39 is 0 Å². The highest BCUT2D eigenvalue weighted by atomic mass is 16.5. The number of hydrogen-bond donors (Lipinski definition) is 2. The van der Waals surface area contributed by atoms with Crippen LogP contribution in [0, 0.1) is 0 Å². The van der Waals surface area contributed by atoms with Gasteiger partial charge >= 0.3 is 0 Å². The number of hydrogen-bond acceptors (Lipinski definition) is 4. The molecule has 112 valence electrons. The molecule has 20 heavy (non-hydrogen) atoms. The van der Waals surface area contributed by atoms with Crippen LogP contribution >= 0.6 is 0 Å². The number of methoxy groups -OCH3 is 2. The van der Waals surface area contributed by atoms with E-state index in [2.05, 4.69) is 18.8 Å². The highest BCUT2D eigenvalue weighted by Gasteiger charge is 2.22. The largest absolute Gasteiger partial charge is 0.493 e. The highest BCUT2D eigenvalue weighted by Crippen LogP contribution is 2.28. The average molecular weight is 278 g/mol. The van der Waals surface area contributed by atoms with Gasteiger partial charge in [-0.2, -0.15) is 0 Å². The lowest BCUT2D eigenvalue weighted by molar-refractivity contribution is 0.349. The molecule has 0 aliphatic rings. The summed E-state index contributed by atoms with van der Waals surface area (Å²) >= 11 is 0. The molecule has 0 saturated heterocycles. The molecule has 0 bridgehead atoms. The standard InChI is InChI=1S/C16H26N2O2/c1-5-6-9-18-16(2,12-17)11-13-7-8-14(19-3)15(10-13)20-4/h5,7-8,10,18H,1,6,9,11-12,17H2,2-4H3.